The summed E-state index contributed by atoms with van der Waals surface area (Å²) in [4.78, 5) is 15.6. The molecule has 0 radical (unpaired) electrons. The first kappa shape index (κ1) is 36.7. The fraction of sp³-hybridized carbons (Fsp3) is 0.333. The lowest BCUT2D eigenvalue weighted by Crippen LogP contribution is -2.36. The van der Waals surface area contributed by atoms with Crippen LogP contribution in [0.2, 0.25) is 0 Å². The molecule has 0 unspecified atom stereocenters. The van der Waals surface area contributed by atoms with E-state index in [1.54, 1.807) is 11.8 Å². The van der Waals surface area contributed by atoms with Gasteiger partial charge in [0.15, 0.2) is 5.82 Å². The quantitative estimate of drug-likeness (QED) is 0.0584. The van der Waals surface area contributed by atoms with Crippen molar-refractivity contribution in [3.05, 3.63) is 133 Å². The number of carbonyl (C=O) groups excluding carboxylic acids is 1. The number of nitrogens with two attached hydrogens (primary N) is 1. The van der Waals surface area contributed by atoms with Crippen LogP contribution in [0.15, 0.2) is 126 Å². The molecule has 2 aliphatic carbocycles. The Labute approximate surface area is 301 Å². The number of amides is 1. The van der Waals surface area contributed by atoms with Crippen molar-refractivity contribution in [2.45, 2.75) is 77.0 Å². The molecule has 0 bridgehead atoms. The molecule has 0 aliphatic heterocycles. The predicted molar refractivity (Wildman–Crippen MR) is 209 cm³/mol. The zero-order chi connectivity index (χ0) is 34.8. The number of benzene rings is 4. The summed E-state index contributed by atoms with van der Waals surface area (Å²) >= 11 is 1.77. The van der Waals surface area contributed by atoms with E-state index in [4.69, 9.17) is 10.8 Å². The van der Waals surface area contributed by atoms with Crippen LogP contribution in [0.3, 0.4) is 0 Å². The highest BCUT2D eigenvalue weighted by molar-refractivity contribution is 8.14. The van der Waals surface area contributed by atoms with Crippen LogP contribution < -0.4 is 11.3 Å². The van der Waals surface area contributed by atoms with Gasteiger partial charge in [-0.1, -0.05) is 143 Å². The predicted octanol–water partition coefficient (Wildman–Crippen LogP) is 10.1. The monoisotopic (exact) mass is 686 g/mol. The Morgan fingerprint density at radius 3 is 1.86 bits per heavy atom. The van der Waals surface area contributed by atoms with Gasteiger partial charge in [-0.25, -0.2) is 10.8 Å². The van der Waals surface area contributed by atoms with Crippen molar-refractivity contribution >= 4 is 28.4 Å². The molecule has 7 rings (SSSR count). The van der Waals surface area contributed by atoms with E-state index in [2.05, 4.69) is 93.8 Å². The molecule has 1 heterocycles. The number of nitrogens with one attached hydrogen (secondary N) is 1. The minimum absolute atomic E-state index is 0.0136. The first-order chi connectivity index (χ1) is 24.7. The highest BCUT2D eigenvalue weighted by Crippen LogP contribution is 2.35. The van der Waals surface area contributed by atoms with Crippen LogP contribution in [0.25, 0.3) is 17.1 Å². The second kappa shape index (κ2) is 20.2. The van der Waals surface area contributed by atoms with Crippen LogP contribution in [-0.2, 0) is 4.79 Å². The molecule has 1 amide bonds. The zero-order valence-corrected chi connectivity index (χ0v) is 30.0. The third kappa shape index (κ3) is 10.7. The topological polar surface area (TPSA) is 98.2 Å². The number of hydrogen-bond acceptors (Lipinski definition) is 6. The van der Waals surface area contributed by atoms with E-state index in [1.807, 2.05) is 54.6 Å². The number of carbonyl (C=O) groups is 1. The Morgan fingerprint density at radius 2 is 1.28 bits per heavy atom. The molecule has 2 fully saturated rings. The summed E-state index contributed by atoms with van der Waals surface area (Å²) in [6, 6.07) is 41.3. The maximum Gasteiger partial charge on any atom is 0.236 e. The zero-order valence-electron chi connectivity index (χ0n) is 29.2. The molecule has 8 heteroatoms. The van der Waals surface area contributed by atoms with Crippen LogP contribution in [0, 0.1) is 5.92 Å². The lowest BCUT2D eigenvalue weighted by atomic mass is 9.88. The van der Waals surface area contributed by atoms with Gasteiger partial charge < -0.3 is 0 Å². The molecule has 2 saturated carbocycles. The smallest absolute Gasteiger partial charge is 0.236 e. The van der Waals surface area contributed by atoms with E-state index in [0.29, 0.717) is 5.92 Å². The van der Waals surface area contributed by atoms with Gasteiger partial charge in [0.25, 0.3) is 0 Å². The van der Waals surface area contributed by atoms with Crippen LogP contribution in [-0.4, -0.2) is 31.5 Å². The van der Waals surface area contributed by atoms with Crippen molar-refractivity contribution in [1.29, 1.82) is 0 Å². The van der Waals surface area contributed by atoms with Gasteiger partial charge in [-0.3, -0.25) is 14.8 Å². The minimum atomic E-state index is 0.0136. The Bertz CT molecular complexity index is 1720. The van der Waals surface area contributed by atoms with E-state index in [-0.39, 0.29) is 11.8 Å². The SMILES string of the molecule is CCSC(=Nc1ccccc1)c1ccccc1.NNC(=O)C1CCCCC1.c1ccc(-c2nnc(C3CCCCC3)n2-c2ccccc2)cc1. The summed E-state index contributed by atoms with van der Waals surface area (Å²) in [6.45, 7) is 2.15. The van der Waals surface area contributed by atoms with Crippen molar-refractivity contribution in [2.75, 3.05) is 5.75 Å². The average Bonchev–Trinajstić information content (AvgIpc) is 3.66. The van der Waals surface area contributed by atoms with Gasteiger partial charge >= 0.3 is 0 Å². The number of nitrogens with zero attached hydrogens (tertiary/aromatic N) is 4. The molecule has 1 aromatic heterocycles. The number of aliphatic imine (C=N–C) groups is 1. The molecular formula is C42H50N6OS. The van der Waals surface area contributed by atoms with Crippen LogP contribution in [0.4, 0.5) is 5.69 Å². The second-order valence-corrected chi connectivity index (χ2v) is 13.9. The molecule has 5 aromatic rings. The summed E-state index contributed by atoms with van der Waals surface area (Å²) in [7, 11) is 0. The Kier molecular flexibility index (Phi) is 14.9. The van der Waals surface area contributed by atoms with Crippen LogP contribution in [0.1, 0.15) is 88.4 Å². The third-order valence-electron chi connectivity index (χ3n) is 9.11. The minimum Gasteiger partial charge on any atom is -0.294 e. The number of hydrazine groups is 1. The number of hydrogen-bond donors (Lipinski definition) is 2. The molecular weight excluding hydrogens is 637 g/mol. The van der Waals surface area contributed by atoms with Gasteiger partial charge in [-0.2, -0.15) is 0 Å². The summed E-state index contributed by atoms with van der Waals surface area (Å²) in [5.41, 5.74) is 6.65. The first-order valence-corrected chi connectivity index (χ1v) is 19.0. The molecule has 2 aliphatic rings. The Balaban J connectivity index is 0.000000158. The lowest BCUT2D eigenvalue weighted by molar-refractivity contribution is -0.125. The fourth-order valence-electron chi connectivity index (χ4n) is 6.53. The molecule has 0 saturated heterocycles. The molecule has 260 valence electrons. The largest absolute Gasteiger partial charge is 0.294 e. The van der Waals surface area contributed by atoms with E-state index in [0.717, 1.165) is 52.2 Å². The van der Waals surface area contributed by atoms with E-state index >= 15 is 0 Å². The van der Waals surface area contributed by atoms with E-state index in [1.165, 1.54) is 56.9 Å². The van der Waals surface area contributed by atoms with Gasteiger partial charge in [-0.15, -0.1) is 22.0 Å². The third-order valence-corrected chi connectivity index (χ3v) is 10.0. The second-order valence-electron chi connectivity index (χ2n) is 12.6. The van der Waals surface area contributed by atoms with E-state index in [9.17, 15) is 4.79 Å². The maximum atomic E-state index is 10.9. The lowest BCUT2D eigenvalue weighted by Gasteiger charge is -2.22. The number of aromatic nitrogens is 3. The van der Waals surface area contributed by atoms with Gasteiger partial charge in [0.05, 0.1) is 5.69 Å². The Morgan fingerprint density at radius 1 is 0.740 bits per heavy atom. The molecule has 50 heavy (non-hydrogen) atoms. The van der Waals surface area contributed by atoms with Gasteiger partial charge in [0, 0.05) is 28.7 Å². The normalized spacial score (nSPS) is 15.2. The highest BCUT2D eigenvalue weighted by Gasteiger charge is 2.24. The van der Waals surface area contributed by atoms with Crippen molar-refractivity contribution < 1.29 is 4.79 Å². The standard InChI is InChI=1S/C20H21N3.C15H15NS.C7H14N2O/c1-4-10-16(11-5-1)19-21-22-20(17-12-6-2-7-13-17)23(19)18-14-8-3-9-15-18;1-2-17-15(13-9-5-3-6-10-13)16-14-11-7-4-8-12-14;8-9-7(10)6-4-2-1-3-5-6/h1,3-5,8-11,14-15,17H,2,6-7,12-13H2;3-12H,2H2,1H3;6H,1-5,8H2,(H,9,10). The molecule has 7 nitrogen and oxygen atoms in total. The van der Waals surface area contributed by atoms with Crippen molar-refractivity contribution in [3.8, 4) is 17.1 Å². The van der Waals surface area contributed by atoms with Crippen LogP contribution >= 0.6 is 11.8 Å². The van der Waals surface area contributed by atoms with Gasteiger partial charge in [-0.05, 0) is 55.7 Å². The van der Waals surface area contributed by atoms with Gasteiger partial charge in [0.1, 0.15) is 10.9 Å². The van der Waals surface area contributed by atoms with Crippen molar-refractivity contribution in [1.82, 2.24) is 20.2 Å². The number of rotatable bonds is 7. The summed E-state index contributed by atoms with van der Waals surface area (Å²) in [6.07, 6.45) is 12.1. The summed E-state index contributed by atoms with van der Waals surface area (Å²) in [5, 5.41) is 10.2. The summed E-state index contributed by atoms with van der Waals surface area (Å²) in [5.74, 6) is 8.82. The highest BCUT2D eigenvalue weighted by atomic mass is 32.2. The van der Waals surface area contributed by atoms with Crippen molar-refractivity contribution in [3.63, 3.8) is 0 Å². The molecule has 4 aromatic carbocycles. The number of thioether (sulfide) groups is 1. The summed E-state index contributed by atoms with van der Waals surface area (Å²) < 4.78 is 2.26. The first-order valence-electron chi connectivity index (χ1n) is 18.1. The van der Waals surface area contributed by atoms with E-state index < -0.39 is 0 Å². The molecule has 3 N–H and O–H groups in total. The maximum absolute atomic E-state index is 10.9. The molecule has 0 spiro atoms. The van der Waals surface area contributed by atoms with Gasteiger partial charge in [0.2, 0.25) is 5.91 Å². The molecule has 0 atom stereocenters. The fourth-order valence-corrected chi connectivity index (χ4v) is 7.27. The average molecular weight is 687 g/mol. The Hall–Kier alpha value is -4.53. The van der Waals surface area contributed by atoms with Crippen molar-refractivity contribution in [2.24, 2.45) is 16.8 Å². The number of para-hydroxylation sites is 2. The van der Waals surface area contributed by atoms with Crippen LogP contribution in [0.5, 0.6) is 0 Å².